The summed E-state index contributed by atoms with van der Waals surface area (Å²) in [5.41, 5.74) is 0. The molecular weight excluding hydrogens is 426 g/mol. The van der Waals surface area contributed by atoms with Gasteiger partial charge in [-0.2, -0.15) is 0 Å². The Morgan fingerprint density at radius 3 is 2.28 bits per heavy atom. The van der Waals surface area contributed by atoms with Crippen LogP contribution in [0.1, 0.15) is 46.5 Å². The summed E-state index contributed by atoms with van der Waals surface area (Å²) in [5.74, 6) is 0.198. The number of hydrogen-bond acceptors (Lipinski definition) is 7. The van der Waals surface area contributed by atoms with E-state index in [0.717, 1.165) is 35.5 Å². The topological polar surface area (TPSA) is 74.7 Å². The number of fused-ring (bicyclic) bond motifs is 1. The van der Waals surface area contributed by atoms with E-state index in [4.69, 9.17) is 14.2 Å². The minimum atomic E-state index is -0.447. The summed E-state index contributed by atoms with van der Waals surface area (Å²) in [4.78, 5) is 29.6. The minimum Gasteiger partial charge on any atom is -0.490 e. The summed E-state index contributed by atoms with van der Waals surface area (Å²) < 4.78 is 17.0. The highest BCUT2D eigenvalue weighted by Crippen LogP contribution is 2.44. The highest BCUT2D eigenvalue weighted by Gasteiger charge is 2.19. The van der Waals surface area contributed by atoms with Crippen LogP contribution in [0.5, 0.6) is 17.2 Å². The maximum Gasteiger partial charge on any atom is 0.308 e. The first-order valence-electron chi connectivity index (χ1n) is 10.7. The van der Waals surface area contributed by atoms with Gasteiger partial charge < -0.3 is 14.2 Å². The van der Waals surface area contributed by atoms with Crippen LogP contribution < -0.4 is 14.2 Å². The molecule has 3 aromatic rings. The number of carbonyl (C=O) groups excluding carboxylic acids is 2. The van der Waals surface area contributed by atoms with Crippen molar-refractivity contribution >= 4 is 34.5 Å². The number of aromatic nitrogens is 1. The second-order valence-corrected chi connectivity index (χ2v) is 8.44. The van der Waals surface area contributed by atoms with Gasteiger partial charge in [-0.3, -0.25) is 14.6 Å². The van der Waals surface area contributed by atoms with E-state index >= 15 is 0 Å². The lowest BCUT2D eigenvalue weighted by Crippen LogP contribution is -2.08. The van der Waals surface area contributed by atoms with Crippen LogP contribution in [-0.2, 0) is 9.59 Å². The molecular formula is C25H27NO5S. The fourth-order valence-corrected chi connectivity index (χ4v) is 4.08. The summed E-state index contributed by atoms with van der Waals surface area (Å²) in [7, 11) is 0. The first-order valence-corrected chi connectivity index (χ1v) is 11.5. The van der Waals surface area contributed by atoms with E-state index in [-0.39, 0.29) is 0 Å². The Morgan fingerprint density at radius 1 is 0.844 bits per heavy atom. The Balaban J connectivity index is 2.03. The van der Waals surface area contributed by atoms with Crippen molar-refractivity contribution in [2.24, 2.45) is 0 Å². The summed E-state index contributed by atoms with van der Waals surface area (Å²) in [6, 6.07) is 11.2. The van der Waals surface area contributed by atoms with Gasteiger partial charge >= 0.3 is 11.9 Å². The third-order valence-corrected chi connectivity index (χ3v) is 5.62. The van der Waals surface area contributed by atoms with Crippen molar-refractivity contribution in [1.82, 2.24) is 4.98 Å². The maximum atomic E-state index is 11.8. The first-order chi connectivity index (χ1) is 15.5. The van der Waals surface area contributed by atoms with Crippen molar-refractivity contribution in [2.45, 2.75) is 56.2 Å². The molecule has 0 amide bonds. The molecule has 0 unspecified atom stereocenters. The molecule has 7 heteroatoms. The predicted octanol–water partition coefficient (Wildman–Crippen LogP) is 6.20. The number of benzene rings is 2. The monoisotopic (exact) mass is 453 g/mol. The molecule has 0 spiro atoms. The first kappa shape index (κ1) is 23.6. The fourth-order valence-electron chi connectivity index (χ4n) is 3.23. The Hall–Kier alpha value is -3.06. The van der Waals surface area contributed by atoms with Crippen molar-refractivity contribution in [2.75, 3.05) is 6.61 Å². The van der Waals surface area contributed by atoms with Crippen molar-refractivity contribution in [3.05, 3.63) is 48.8 Å². The average Bonchev–Trinajstić information content (AvgIpc) is 2.76. The molecule has 0 atom stereocenters. The van der Waals surface area contributed by atoms with Crippen LogP contribution in [0.2, 0.25) is 0 Å². The van der Waals surface area contributed by atoms with E-state index in [0.29, 0.717) is 34.6 Å². The van der Waals surface area contributed by atoms with Crippen LogP contribution in [0.4, 0.5) is 0 Å². The van der Waals surface area contributed by atoms with Gasteiger partial charge in [0.15, 0.2) is 11.5 Å². The van der Waals surface area contributed by atoms with Crippen LogP contribution >= 0.6 is 11.8 Å². The quantitative estimate of drug-likeness (QED) is 0.206. The number of ether oxygens (including phenoxy) is 3. The number of nitrogens with zero attached hydrogens (tertiary/aromatic N) is 1. The molecule has 0 aliphatic rings. The van der Waals surface area contributed by atoms with Crippen LogP contribution in [0, 0.1) is 0 Å². The van der Waals surface area contributed by atoms with Crippen LogP contribution in [-0.4, -0.2) is 23.5 Å². The predicted molar refractivity (Wildman–Crippen MR) is 125 cm³/mol. The Labute approximate surface area is 192 Å². The number of carbonyl (C=O) groups is 2. The molecule has 0 radical (unpaired) electrons. The zero-order chi connectivity index (χ0) is 22.9. The van der Waals surface area contributed by atoms with Gasteiger partial charge in [0, 0.05) is 52.9 Å². The number of rotatable bonds is 10. The second kappa shape index (κ2) is 11.5. The normalized spacial score (nSPS) is 10.7. The van der Waals surface area contributed by atoms with Gasteiger partial charge in [0.1, 0.15) is 5.75 Å². The molecule has 0 bridgehead atoms. The maximum absolute atomic E-state index is 11.8. The van der Waals surface area contributed by atoms with E-state index in [2.05, 4.69) is 11.9 Å². The lowest BCUT2D eigenvalue weighted by Gasteiger charge is -2.17. The molecule has 0 saturated heterocycles. The molecule has 0 aliphatic carbocycles. The molecule has 2 aromatic carbocycles. The molecule has 0 N–H and O–H groups in total. The number of pyridine rings is 1. The van der Waals surface area contributed by atoms with Crippen molar-refractivity contribution < 1.29 is 23.8 Å². The minimum absolute atomic E-state index is 0.333. The van der Waals surface area contributed by atoms with Gasteiger partial charge in [-0.05, 0) is 36.8 Å². The molecule has 6 nitrogen and oxygen atoms in total. The highest BCUT2D eigenvalue weighted by molar-refractivity contribution is 7.99. The second-order valence-electron chi connectivity index (χ2n) is 7.29. The van der Waals surface area contributed by atoms with Crippen molar-refractivity contribution in [1.29, 1.82) is 0 Å². The van der Waals surface area contributed by atoms with Crippen molar-refractivity contribution in [3.63, 3.8) is 0 Å². The van der Waals surface area contributed by atoms with E-state index < -0.39 is 11.9 Å². The van der Waals surface area contributed by atoms with E-state index in [1.165, 1.54) is 13.8 Å². The molecule has 1 heterocycles. The highest BCUT2D eigenvalue weighted by atomic mass is 32.2. The largest absolute Gasteiger partial charge is 0.490 e. The zero-order valence-corrected chi connectivity index (χ0v) is 19.4. The molecule has 32 heavy (non-hydrogen) atoms. The summed E-state index contributed by atoms with van der Waals surface area (Å²) in [6.45, 7) is 5.34. The lowest BCUT2D eigenvalue weighted by molar-refractivity contribution is -0.133. The number of esters is 2. The Bertz CT molecular complexity index is 1080. The molecule has 3 rings (SSSR count). The third-order valence-electron chi connectivity index (χ3n) is 4.63. The smallest absolute Gasteiger partial charge is 0.308 e. The van der Waals surface area contributed by atoms with Gasteiger partial charge in [0.25, 0.3) is 0 Å². The van der Waals surface area contributed by atoms with Gasteiger partial charge in [0.2, 0.25) is 0 Å². The summed E-state index contributed by atoms with van der Waals surface area (Å²) >= 11 is 1.56. The van der Waals surface area contributed by atoms with Crippen LogP contribution in [0.15, 0.2) is 58.6 Å². The van der Waals surface area contributed by atoms with E-state index in [9.17, 15) is 9.59 Å². The lowest BCUT2D eigenvalue weighted by atomic mass is 10.1. The zero-order valence-electron chi connectivity index (χ0n) is 18.6. The summed E-state index contributed by atoms with van der Waals surface area (Å²) in [5, 5.41) is 1.30. The summed E-state index contributed by atoms with van der Waals surface area (Å²) in [6.07, 6.45) is 7.67. The molecule has 0 saturated carbocycles. The Morgan fingerprint density at radius 2 is 1.59 bits per heavy atom. The van der Waals surface area contributed by atoms with Crippen molar-refractivity contribution in [3.8, 4) is 17.2 Å². The van der Waals surface area contributed by atoms with Crippen LogP contribution in [0.3, 0.4) is 0 Å². The van der Waals surface area contributed by atoms with Gasteiger partial charge in [0.05, 0.1) is 6.61 Å². The average molecular weight is 454 g/mol. The fraction of sp³-hybridized carbons (Fsp3) is 0.320. The van der Waals surface area contributed by atoms with Crippen LogP contribution in [0.25, 0.3) is 10.8 Å². The Kier molecular flexibility index (Phi) is 8.50. The molecule has 1 aromatic heterocycles. The van der Waals surface area contributed by atoms with E-state index in [1.807, 2.05) is 30.3 Å². The van der Waals surface area contributed by atoms with E-state index in [1.54, 1.807) is 30.2 Å². The molecule has 168 valence electrons. The van der Waals surface area contributed by atoms with Gasteiger partial charge in [-0.1, -0.05) is 37.9 Å². The SMILES string of the molecule is CCCCCCOc1cc(OC(C)=O)c2cc(Sc3ccncc3)ccc2c1OC(C)=O. The number of hydrogen-bond donors (Lipinski definition) is 0. The van der Waals surface area contributed by atoms with Gasteiger partial charge in [-0.25, -0.2) is 0 Å². The standard InChI is InChI=1S/C25H27NO5S/c1-4-5-6-7-14-29-24-16-23(30-17(2)27)22-15-20(32-19-10-12-26-13-11-19)8-9-21(22)25(24)31-18(3)28/h8-13,15-16H,4-7,14H2,1-3H3. The van der Waals surface area contributed by atoms with Gasteiger partial charge in [-0.15, -0.1) is 0 Å². The third kappa shape index (κ3) is 6.47. The molecule has 0 fully saturated rings. The number of unbranched alkanes of at least 4 members (excludes halogenated alkanes) is 3. The molecule has 0 aliphatic heterocycles.